The molecular weight excluding hydrogens is 550 g/mol. The largest absolute Gasteiger partial charge is 0.334 e. The van der Waals surface area contributed by atoms with Gasteiger partial charge >= 0.3 is 0 Å². The van der Waals surface area contributed by atoms with Gasteiger partial charge in [0.05, 0.1) is 11.1 Å². The van der Waals surface area contributed by atoms with Gasteiger partial charge in [0, 0.05) is 41.4 Å². The van der Waals surface area contributed by atoms with E-state index in [-0.39, 0.29) is 23.7 Å². The van der Waals surface area contributed by atoms with Crippen LogP contribution in [0.4, 0.5) is 5.13 Å². The molecule has 0 spiro atoms. The van der Waals surface area contributed by atoms with Crippen LogP contribution in [-0.4, -0.2) is 28.2 Å². The van der Waals surface area contributed by atoms with E-state index in [1.165, 1.54) is 44.7 Å². The van der Waals surface area contributed by atoms with Crippen molar-refractivity contribution in [3.8, 4) is 11.3 Å². The van der Waals surface area contributed by atoms with Crippen LogP contribution in [0.15, 0.2) is 102 Å². The first-order valence-electron chi connectivity index (χ1n) is 14.9. The van der Waals surface area contributed by atoms with Gasteiger partial charge in [-0.2, -0.15) is 0 Å². The third-order valence-electron chi connectivity index (χ3n) is 9.72. The molecule has 5 aromatic rings. The number of thiazole rings is 1. The molecule has 9 rings (SSSR count). The Morgan fingerprint density at radius 3 is 2.16 bits per heavy atom. The van der Waals surface area contributed by atoms with Crippen molar-refractivity contribution in [3.63, 3.8) is 0 Å². The molecule has 1 unspecified atom stereocenters. The minimum atomic E-state index is -0.587. The SMILES string of the molecule is CC1(C(=O)Nc2nc(-c3ccc(C(=O)N4CCc5ccccc5C4)cc3)cs2)CC2c3ccccc3C1c1ccccc12. The average molecular weight is 582 g/mol. The van der Waals surface area contributed by atoms with E-state index >= 15 is 0 Å². The summed E-state index contributed by atoms with van der Waals surface area (Å²) < 4.78 is 0. The number of amides is 2. The molecule has 43 heavy (non-hydrogen) atoms. The summed E-state index contributed by atoms with van der Waals surface area (Å²) in [5.41, 5.74) is 9.56. The summed E-state index contributed by atoms with van der Waals surface area (Å²) in [4.78, 5) is 33.9. The Balaban J connectivity index is 0.996. The molecule has 2 heterocycles. The lowest BCUT2D eigenvalue weighted by molar-refractivity contribution is -0.126. The van der Waals surface area contributed by atoms with Crippen molar-refractivity contribution < 1.29 is 9.59 Å². The van der Waals surface area contributed by atoms with Gasteiger partial charge in [0.1, 0.15) is 0 Å². The summed E-state index contributed by atoms with van der Waals surface area (Å²) in [5, 5.41) is 5.74. The number of aromatic nitrogens is 1. The molecule has 4 aliphatic rings. The molecule has 2 bridgehead atoms. The van der Waals surface area contributed by atoms with Gasteiger partial charge < -0.3 is 10.2 Å². The highest BCUT2D eigenvalue weighted by Gasteiger charge is 2.54. The number of carbonyl (C=O) groups excluding carboxylic acids is 2. The van der Waals surface area contributed by atoms with Crippen LogP contribution in [-0.2, 0) is 17.8 Å². The number of benzene rings is 4. The minimum Gasteiger partial charge on any atom is -0.334 e. The summed E-state index contributed by atoms with van der Waals surface area (Å²) in [6.07, 6.45) is 1.65. The zero-order valence-corrected chi connectivity index (χ0v) is 24.7. The first kappa shape index (κ1) is 26.1. The maximum Gasteiger partial charge on any atom is 0.254 e. The summed E-state index contributed by atoms with van der Waals surface area (Å²) in [6.45, 7) is 3.48. The molecule has 0 saturated heterocycles. The Kier molecular flexibility index (Phi) is 6.09. The second-order valence-corrected chi connectivity index (χ2v) is 13.0. The second kappa shape index (κ2) is 10.0. The van der Waals surface area contributed by atoms with Gasteiger partial charge in [0.25, 0.3) is 5.91 Å². The van der Waals surface area contributed by atoms with Crippen LogP contribution in [0, 0.1) is 5.41 Å². The van der Waals surface area contributed by atoms with Crippen LogP contribution in [0.1, 0.15) is 68.9 Å². The molecule has 6 heteroatoms. The van der Waals surface area contributed by atoms with Crippen molar-refractivity contribution >= 4 is 28.3 Å². The predicted octanol–water partition coefficient (Wildman–Crippen LogP) is 7.63. The van der Waals surface area contributed by atoms with Gasteiger partial charge in [-0.25, -0.2) is 4.98 Å². The van der Waals surface area contributed by atoms with Crippen molar-refractivity contribution in [2.75, 3.05) is 11.9 Å². The lowest BCUT2D eigenvalue weighted by Gasteiger charge is -2.50. The quantitative estimate of drug-likeness (QED) is 0.237. The average Bonchev–Trinajstić information content (AvgIpc) is 3.53. The second-order valence-electron chi connectivity index (χ2n) is 12.2. The topological polar surface area (TPSA) is 62.3 Å². The van der Waals surface area contributed by atoms with Gasteiger partial charge in [0.15, 0.2) is 5.13 Å². The number of carbonyl (C=O) groups is 2. The molecule has 4 aromatic carbocycles. The predicted molar refractivity (Wildman–Crippen MR) is 170 cm³/mol. The Morgan fingerprint density at radius 1 is 0.837 bits per heavy atom. The Bertz CT molecular complexity index is 1850. The summed E-state index contributed by atoms with van der Waals surface area (Å²) in [5.74, 6) is 0.269. The van der Waals surface area contributed by atoms with Gasteiger partial charge in [-0.3, -0.25) is 9.59 Å². The highest BCUT2D eigenvalue weighted by molar-refractivity contribution is 7.14. The highest BCUT2D eigenvalue weighted by Crippen LogP contribution is 2.61. The van der Waals surface area contributed by atoms with E-state index < -0.39 is 5.41 Å². The molecule has 1 atom stereocenters. The summed E-state index contributed by atoms with van der Waals surface area (Å²) >= 11 is 1.44. The number of fused-ring (bicyclic) bond motifs is 2. The lowest BCUT2D eigenvalue weighted by Crippen LogP contribution is -2.47. The molecule has 212 valence electrons. The van der Waals surface area contributed by atoms with E-state index in [4.69, 9.17) is 4.98 Å². The van der Waals surface area contributed by atoms with Crippen molar-refractivity contribution in [1.29, 1.82) is 0 Å². The Morgan fingerprint density at radius 2 is 1.47 bits per heavy atom. The lowest BCUT2D eigenvalue weighted by atomic mass is 9.52. The molecule has 0 fully saturated rings. The molecular formula is C37H31N3O2S. The van der Waals surface area contributed by atoms with E-state index in [0.29, 0.717) is 17.2 Å². The van der Waals surface area contributed by atoms with E-state index in [2.05, 4.69) is 79.0 Å². The molecule has 1 aromatic heterocycles. The van der Waals surface area contributed by atoms with Gasteiger partial charge in [0.2, 0.25) is 5.91 Å². The molecule has 2 amide bonds. The fourth-order valence-corrected chi connectivity index (χ4v) is 8.24. The molecule has 5 nitrogen and oxygen atoms in total. The van der Waals surface area contributed by atoms with Gasteiger partial charge in [-0.15, -0.1) is 11.3 Å². The number of hydrogen-bond donors (Lipinski definition) is 1. The number of nitrogens with zero attached hydrogens (tertiary/aromatic N) is 2. The summed E-state index contributed by atoms with van der Waals surface area (Å²) in [6, 6.07) is 33.2. The van der Waals surface area contributed by atoms with Crippen molar-refractivity contribution in [3.05, 3.63) is 141 Å². The Labute approximate surface area is 255 Å². The third-order valence-corrected chi connectivity index (χ3v) is 10.5. The maximum absolute atomic E-state index is 14.0. The van der Waals surface area contributed by atoms with Crippen molar-refractivity contribution in [2.45, 2.75) is 38.1 Å². The fourth-order valence-electron chi connectivity index (χ4n) is 7.53. The number of anilines is 1. The third kappa shape index (κ3) is 4.23. The Hall–Kier alpha value is -4.55. The minimum absolute atomic E-state index is 0.00259. The van der Waals surface area contributed by atoms with Gasteiger partial charge in [-0.05, 0) is 65.3 Å². The van der Waals surface area contributed by atoms with Crippen LogP contribution >= 0.6 is 11.3 Å². The monoisotopic (exact) mass is 581 g/mol. The van der Waals surface area contributed by atoms with Crippen LogP contribution in [0.5, 0.6) is 0 Å². The molecule has 1 aliphatic heterocycles. The standard InChI is InChI=1S/C37H31N3O2S/c1-37(20-31-27-10-4-6-12-29(27)33(37)30-13-7-5-11-28(30)31)35(42)39-36-38-32(22-43-36)24-14-16-25(17-15-24)34(41)40-19-18-23-8-2-3-9-26(23)21-40/h2-17,22,31,33H,18-21H2,1H3,(H,38,39,42). The molecule has 0 radical (unpaired) electrons. The first-order valence-corrected chi connectivity index (χ1v) is 15.8. The first-order chi connectivity index (χ1) is 21.0. The van der Waals surface area contributed by atoms with Crippen LogP contribution < -0.4 is 5.32 Å². The van der Waals surface area contributed by atoms with E-state index in [0.717, 1.165) is 30.6 Å². The smallest absolute Gasteiger partial charge is 0.254 e. The summed E-state index contributed by atoms with van der Waals surface area (Å²) in [7, 11) is 0. The maximum atomic E-state index is 14.0. The molecule has 1 N–H and O–H groups in total. The van der Waals surface area contributed by atoms with Crippen LogP contribution in [0.3, 0.4) is 0 Å². The zero-order valence-electron chi connectivity index (χ0n) is 23.9. The van der Waals surface area contributed by atoms with Crippen LogP contribution in [0.25, 0.3) is 11.3 Å². The van der Waals surface area contributed by atoms with E-state index in [1.807, 2.05) is 40.6 Å². The van der Waals surface area contributed by atoms with E-state index in [1.54, 1.807) is 0 Å². The normalized spacial score (nSPS) is 21.5. The van der Waals surface area contributed by atoms with Crippen LogP contribution in [0.2, 0.25) is 0 Å². The number of rotatable bonds is 4. The molecule has 0 saturated carbocycles. The zero-order chi connectivity index (χ0) is 29.1. The van der Waals surface area contributed by atoms with E-state index in [9.17, 15) is 9.59 Å². The number of nitrogens with one attached hydrogen (secondary N) is 1. The molecule has 3 aliphatic carbocycles. The fraction of sp³-hybridized carbons (Fsp3) is 0.216. The van der Waals surface area contributed by atoms with Crippen molar-refractivity contribution in [1.82, 2.24) is 9.88 Å². The highest BCUT2D eigenvalue weighted by atomic mass is 32.1. The number of hydrogen-bond acceptors (Lipinski definition) is 4. The van der Waals surface area contributed by atoms with Gasteiger partial charge in [-0.1, -0.05) is 84.9 Å². The van der Waals surface area contributed by atoms with Crippen molar-refractivity contribution in [2.24, 2.45) is 5.41 Å².